The Bertz CT molecular complexity index is 823. The summed E-state index contributed by atoms with van der Waals surface area (Å²) in [6, 6.07) is 10.9. The molecule has 2 aromatic heterocycles. The molecular formula is C17H17N5OS. The van der Waals surface area contributed by atoms with Crippen LogP contribution in [0.2, 0.25) is 0 Å². The molecule has 0 aliphatic heterocycles. The summed E-state index contributed by atoms with van der Waals surface area (Å²) >= 11 is 1.54. The van der Waals surface area contributed by atoms with Crippen molar-refractivity contribution in [2.24, 2.45) is 10.7 Å². The average molecular weight is 339 g/mol. The number of imidazole rings is 1. The maximum absolute atomic E-state index is 12.4. The van der Waals surface area contributed by atoms with Gasteiger partial charge in [-0.05, 0) is 35.7 Å². The van der Waals surface area contributed by atoms with E-state index < -0.39 is 0 Å². The molecule has 6 nitrogen and oxygen atoms in total. The SMILES string of the molecule is CN(Cc1ncc[nH]1)C(=O)c1ccc(N=C(N)c2cccs2)cc1. The van der Waals surface area contributed by atoms with Gasteiger partial charge in [-0.2, -0.15) is 0 Å². The monoisotopic (exact) mass is 339 g/mol. The predicted molar refractivity (Wildman–Crippen MR) is 95.5 cm³/mol. The highest BCUT2D eigenvalue weighted by Crippen LogP contribution is 2.17. The fourth-order valence-electron chi connectivity index (χ4n) is 2.20. The smallest absolute Gasteiger partial charge is 0.254 e. The lowest BCUT2D eigenvalue weighted by atomic mass is 10.2. The molecule has 0 bridgehead atoms. The number of aromatic amines is 1. The molecule has 0 saturated carbocycles. The van der Waals surface area contributed by atoms with Crippen LogP contribution in [0.15, 0.2) is 59.2 Å². The van der Waals surface area contributed by atoms with Crippen molar-refractivity contribution in [3.05, 3.63) is 70.4 Å². The van der Waals surface area contributed by atoms with Crippen molar-refractivity contribution in [3.8, 4) is 0 Å². The number of carbonyl (C=O) groups is 1. The molecule has 7 heteroatoms. The van der Waals surface area contributed by atoms with Gasteiger partial charge < -0.3 is 15.6 Å². The fraction of sp³-hybridized carbons (Fsp3) is 0.118. The number of hydrogen-bond donors (Lipinski definition) is 2. The Kier molecular flexibility index (Phi) is 4.72. The summed E-state index contributed by atoms with van der Waals surface area (Å²) in [6.45, 7) is 0.428. The van der Waals surface area contributed by atoms with Crippen LogP contribution in [0.4, 0.5) is 5.69 Å². The number of amidine groups is 1. The minimum atomic E-state index is -0.0758. The molecule has 0 aliphatic rings. The summed E-state index contributed by atoms with van der Waals surface area (Å²) in [5, 5.41) is 1.95. The third kappa shape index (κ3) is 3.69. The van der Waals surface area contributed by atoms with Crippen LogP contribution in [-0.2, 0) is 6.54 Å². The van der Waals surface area contributed by atoms with Crippen molar-refractivity contribution in [3.63, 3.8) is 0 Å². The van der Waals surface area contributed by atoms with E-state index in [0.29, 0.717) is 23.6 Å². The number of aromatic nitrogens is 2. The number of benzene rings is 1. The van der Waals surface area contributed by atoms with E-state index in [-0.39, 0.29) is 5.91 Å². The van der Waals surface area contributed by atoms with Gasteiger partial charge in [0, 0.05) is 25.0 Å². The lowest BCUT2D eigenvalue weighted by Gasteiger charge is -2.15. The van der Waals surface area contributed by atoms with Crippen LogP contribution in [0.25, 0.3) is 0 Å². The molecule has 1 aromatic carbocycles. The Hall–Kier alpha value is -2.93. The molecule has 0 aliphatic carbocycles. The highest BCUT2D eigenvalue weighted by molar-refractivity contribution is 7.12. The van der Waals surface area contributed by atoms with Gasteiger partial charge in [-0.1, -0.05) is 6.07 Å². The average Bonchev–Trinajstić information content (AvgIpc) is 3.28. The Balaban J connectivity index is 1.69. The number of nitrogens with zero attached hydrogens (tertiary/aromatic N) is 3. The van der Waals surface area contributed by atoms with Crippen LogP contribution in [0.5, 0.6) is 0 Å². The van der Waals surface area contributed by atoms with E-state index in [2.05, 4.69) is 15.0 Å². The lowest BCUT2D eigenvalue weighted by Crippen LogP contribution is -2.26. The summed E-state index contributed by atoms with van der Waals surface area (Å²) in [4.78, 5) is 26.4. The maximum atomic E-state index is 12.4. The molecule has 24 heavy (non-hydrogen) atoms. The summed E-state index contributed by atoms with van der Waals surface area (Å²) in [5.41, 5.74) is 7.28. The molecule has 0 spiro atoms. The Morgan fingerprint density at radius 3 is 2.75 bits per heavy atom. The molecule has 0 saturated heterocycles. The number of amides is 1. The molecule has 3 N–H and O–H groups in total. The molecule has 3 rings (SSSR count). The zero-order valence-corrected chi connectivity index (χ0v) is 14.0. The topological polar surface area (TPSA) is 87.4 Å². The van der Waals surface area contributed by atoms with E-state index in [9.17, 15) is 4.79 Å². The van der Waals surface area contributed by atoms with Gasteiger partial charge in [-0.25, -0.2) is 9.98 Å². The molecule has 0 atom stereocenters. The van der Waals surface area contributed by atoms with Crippen LogP contribution in [0.3, 0.4) is 0 Å². The van der Waals surface area contributed by atoms with Gasteiger partial charge in [0.15, 0.2) is 0 Å². The molecule has 122 valence electrons. The summed E-state index contributed by atoms with van der Waals surface area (Å²) in [7, 11) is 1.74. The van der Waals surface area contributed by atoms with Crippen LogP contribution in [-0.4, -0.2) is 33.7 Å². The van der Waals surface area contributed by atoms with E-state index in [4.69, 9.17) is 5.73 Å². The van der Waals surface area contributed by atoms with Crippen molar-refractivity contribution in [2.75, 3.05) is 7.05 Å². The second kappa shape index (κ2) is 7.10. The van der Waals surface area contributed by atoms with Crippen LogP contribution in [0, 0.1) is 0 Å². The summed E-state index contributed by atoms with van der Waals surface area (Å²) in [5.74, 6) is 1.14. The Morgan fingerprint density at radius 1 is 1.33 bits per heavy atom. The van der Waals surface area contributed by atoms with Crippen molar-refractivity contribution in [2.45, 2.75) is 6.54 Å². The molecule has 0 radical (unpaired) electrons. The third-order valence-electron chi connectivity index (χ3n) is 3.43. The summed E-state index contributed by atoms with van der Waals surface area (Å²) < 4.78 is 0. The first kappa shape index (κ1) is 15.9. The number of H-pyrrole nitrogens is 1. The zero-order valence-electron chi connectivity index (χ0n) is 13.1. The first-order valence-corrected chi connectivity index (χ1v) is 8.23. The minimum Gasteiger partial charge on any atom is -0.383 e. The maximum Gasteiger partial charge on any atom is 0.254 e. The molecule has 3 aromatic rings. The highest BCUT2D eigenvalue weighted by atomic mass is 32.1. The molecule has 1 amide bonds. The normalized spacial score (nSPS) is 11.5. The first-order chi connectivity index (χ1) is 11.6. The predicted octanol–water partition coefficient (Wildman–Crippen LogP) is 2.78. The Morgan fingerprint density at radius 2 is 2.12 bits per heavy atom. The van der Waals surface area contributed by atoms with E-state index in [1.54, 1.807) is 48.6 Å². The van der Waals surface area contributed by atoms with Crippen molar-refractivity contribution < 1.29 is 4.79 Å². The number of thiophene rings is 1. The number of carbonyl (C=O) groups excluding carboxylic acids is 1. The zero-order chi connectivity index (χ0) is 16.9. The molecule has 2 heterocycles. The molecule has 0 fully saturated rings. The number of nitrogens with two attached hydrogens (primary N) is 1. The minimum absolute atomic E-state index is 0.0758. The van der Waals surface area contributed by atoms with E-state index in [0.717, 1.165) is 10.7 Å². The molecular weight excluding hydrogens is 322 g/mol. The second-order valence-electron chi connectivity index (χ2n) is 5.22. The quantitative estimate of drug-likeness (QED) is 0.553. The van der Waals surface area contributed by atoms with Gasteiger partial charge in [-0.15, -0.1) is 11.3 Å². The lowest BCUT2D eigenvalue weighted by molar-refractivity contribution is 0.0782. The van der Waals surface area contributed by atoms with Crippen LogP contribution >= 0.6 is 11.3 Å². The van der Waals surface area contributed by atoms with Crippen LogP contribution < -0.4 is 5.73 Å². The van der Waals surface area contributed by atoms with E-state index in [1.165, 1.54) is 11.3 Å². The van der Waals surface area contributed by atoms with Crippen molar-refractivity contribution >= 4 is 28.8 Å². The second-order valence-corrected chi connectivity index (χ2v) is 6.17. The van der Waals surface area contributed by atoms with Gasteiger partial charge in [0.25, 0.3) is 5.91 Å². The van der Waals surface area contributed by atoms with Gasteiger partial charge in [0.2, 0.25) is 0 Å². The van der Waals surface area contributed by atoms with Crippen molar-refractivity contribution in [1.29, 1.82) is 0 Å². The third-order valence-corrected chi connectivity index (χ3v) is 4.32. The summed E-state index contributed by atoms with van der Waals surface area (Å²) in [6.07, 6.45) is 3.40. The Labute approximate surface area is 143 Å². The van der Waals surface area contributed by atoms with Crippen LogP contribution in [0.1, 0.15) is 21.1 Å². The number of rotatable bonds is 5. The number of hydrogen-bond acceptors (Lipinski definition) is 4. The van der Waals surface area contributed by atoms with E-state index >= 15 is 0 Å². The molecule has 0 unspecified atom stereocenters. The van der Waals surface area contributed by atoms with Gasteiger partial charge in [0.1, 0.15) is 11.7 Å². The number of nitrogens with one attached hydrogen (secondary N) is 1. The fourth-order valence-corrected chi connectivity index (χ4v) is 2.83. The van der Waals surface area contributed by atoms with Gasteiger partial charge in [0.05, 0.1) is 17.1 Å². The standard InChI is InChI=1S/C17H17N5OS/c1-22(11-15-19-8-9-20-15)17(23)12-4-6-13(7-5-12)21-16(18)14-3-2-10-24-14/h2-10H,11H2,1H3,(H2,18,21)(H,19,20). The highest BCUT2D eigenvalue weighted by Gasteiger charge is 2.13. The van der Waals surface area contributed by atoms with Gasteiger partial charge in [-0.3, -0.25) is 4.79 Å². The number of aliphatic imine (C=N–C) groups is 1. The first-order valence-electron chi connectivity index (χ1n) is 7.35. The van der Waals surface area contributed by atoms with Gasteiger partial charge >= 0.3 is 0 Å². The van der Waals surface area contributed by atoms with Crippen molar-refractivity contribution in [1.82, 2.24) is 14.9 Å². The van der Waals surface area contributed by atoms with E-state index in [1.807, 2.05) is 17.5 Å². The largest absolute Gasteiger partial charge is 0.383 e.